The lowest BCUT2D eigenvalue weighted by Crippen LogP contribution is -2.30. The zero-order valence-electron chi connectivity index (χ0n) is 13.2. The molecule has 4 nitrogen and oxygen atoms in total. The number of rotatable bonds is 2. The maximum atomic E-state index is 12.9. The highest BCUT2D eigenvalue weighted by molar-refractivity contribution is 14.1. The minimum atomic E-state index is 0.103. The molecule has 0 radical (unpaired) electrons. The van der Waals surface area contributed by atoms with Crippen LogP contribution in [0.4, 0.5) is 0 Å². The minimum Gasteiger partial charge on any atom is -0.486 e. The van der Waals surface area contributed by atoms with Gasteiger partial charge in [-0.3, -0.25) is 4.79 Å². The topological polar surface area (TPSA) is 38.8 Å². The van der Waals surface area contributed by atoms with Gasteiger partial charge in [-0.25, -0.2) is 0 Å². The molecule has 1 saturated heterocycles. The van der Waals surface area contributed by atoms with Crippen LogP contribution in [0.5, 0.6) is 11.5 Å². The summed E-state index contributed by atoms with van der Waals surface area (Å²) in [5.41, 5.74) is 1.88. The lowest BCUT2D eigenvalue weighted by atomic mass is 10.0. The lowest BCUT2D eigenvalue weighted by Gasteiger charge is -2.27. The number of likely N-dealkylation sites (tertiary alicyclic amines) is 1. The zero-order chi connectivity index (χ0) is 16.5. The molecule has 5 heteroatoms. The molecule has 1 fully saturated rings. The molecule has 0 unspecified atom stereocenters. The number of nitrogens with zero attached hydrogens (tertiary/aromatic N) is 1. The van der Waals surface area contributed by atoms with E-state index in [0.717, 1.165) is 45.6 Å². The van der Waals surface area contributed by atoms with Gasteiger partial charge in [-0.1, -0.05) is 12.1 Å². The van der Waals surface area contributed by atoms with Crippen LogP contribution in [0.25, 0.3) is 0 Å². The van der Waals surface area contributed by atoms with Crippen LogP contribution in [0.1, 0.15) is 34.8 Å². The number of carbonyl (C=O) groups excluding carboxylic acids is 1. The molecule has 1 atom stereocenters. The third-order valence-corrected chi connectivity index (χ3v) is 5.21. The molecule has 0 bridgehead atoms. The van der Waals surface area contributed by atoms with E-state index < -0.39 is 0 Å². The quantitative estimate of drug-likeness (QED) is 0.669. The van der Waals surface area contributed by atoms with Crippen molar-refractivity contribution in [3.8, 4) is 11.5 Å². The first-order valence-corrected chi connectivity index (χ1v) is 9.26. The van der Waals surface area contributed by atoms with Gasteiger partial charge in [-0.05, 0) is 71.3 Å². The number of hydrogen-bond donors (Lipinski definition) is 0. The number of carbonyl (C=O) groups is 1. The van der Waals surface area contributed by atoms with E-state index >= 15 is 0 Å². The van der Waals surface area contributed by atoms with Gasteiger partial charge in [-0.2, -0.15) is 0 Å². The van der Waals surface area contributed by atoms with Crippen molar-refractivity contribution in [2.45, 2.75) is 18.9 Å². The van der Waals surface area contributed by atoms with Gasteiger partial charge < -0.3 is 14.4 Å². The Balaban J connectivity index is 1.62. The molecule has 2 aromatic carbocycles. The largest absolute Gasteiger partial charge is 0.486 e. The van der Waals surface area contributed by atoms with Crippen LogP contribution < -0.4 is 9.47 Å². The van der Waals surface area contributed by atoms with Gasteiger partial charge in [0.2, 0.25) is 0 Å². The number of benzene rings is 2. The number of fused-ring (bicyclic) bond motifs is 1. The Morgan fingerprint density at radius 3 is 2.75 bits per heavy atom. The molecule has 0 aromatic heterocycles. The molecule has 124 valence electrons. The number of hydrogen-bond acceptors (Lipinski definition) is 3. The average molecular weight is 435 g/mol. The fourth-order valence-corrected chi connectivity index (χ4v) is 3.95. The molecule has 2 heterocycles. The molecule has 24 heavy (non-hydrogen) atoms. The predicted octanol–water partition coefficient (Wildman–Crippen LogP) is 4.04. The summed E-state index contributed by atoms with van der Waals surface area (Å²) in [4.78, 5) is 14.9. The summed E-state index contributed by atoms with van der Waals surface area (Å²) >= 11 is 2.24. The summed E-state index contributed by atoms with van der Waals surface area (Å²) in [6.45, 7) is 1.96. The molecular weight excluding hydrogens is 417 g/mol. The van der Waals surface area contributed by atoms with Crippen molar-refractivity contribution in [1.82, 2.24) is 4.90 Å². The zero-order valence-corrected chi connectivity index (χ0v) is 15.4. The molecule has 0 aliphatic carbocycles. The summed E-state index contributed by atoms with van der Waals surface area (Å²) in [7, 11) is 0. The van der Waals surface area contributed by atoms with Gasteiger partial charge in [0.05, 0.1) is 6.04 Å². The van der Waals surface area contributed by atoms with Crippen molar-refractivity contribution in [3.63, 3.8) is 0 Å². The van der Waals surface area contributed by atoms with Gasteiger partial charge in [0.25, 0.3) is 5.91 Å². The first kappa shape index (κ1) is 15.7. The fraction of sp³-hybridized carbons (Fsp3) is 0.316. The van der Waals surface area contributed by atoms with Crippen molar-refractivity contribution < 1.29 is 14.3 Å². The average Bonchev–Trinajstić information content (AvgIpc) is 3.10. The minimum absolute atomic E-state index is 0.103. The standard InChI is InChI=1S/C19H18INO3/c20-15-4-1-3-14(11-15)19(22)21-8-2-5-16(21)13-6-7-17-18(12-13)24-10-9-23-17/h1,3-4,6-7,11-12,16H,2,5,8-10H2/t16-/m0/s1. The second-order valence-electron chi connectivity index (χ2n) is 6.07. The van der Waals surface area contributed by atoms with Crippen LogP contribution in [-0.4, -0.2) is 30.6 Å². The van der Waals surface area contributed by atoms with E-state index in [4.69, 9.17) is 9.47 Å². The van der Waals surface area contributed by atoms with E-state index in [1.54, 1.807) is 0 Å². The summed E-state index contributed by atoms with van der Waals surface area (Å²) in [6.07, 6.45) is 2.00. The molecule has 1 amide bonds. The highest BCUT2D eigenvalue weighted by Gasteiger charge is 2.31. The van der Waals surface area contributed by atoms with Crippen LogP contribution >= 0.6 is 22.6 Å². The van der Waals surface area contributed by atoms with Crippen molar-refractivity contribution in [2.75, 3.05) is 19.8 Å². The Kier molecular flexibility index (Phi) is 4.35. The van der Waals surface area contributed by atoms with E-state index in [9.17, 15) is 4.79 Å². The maximum Gasteiger partial charge on any atom is 0.254 e. The number of halogens is 1. The van der Waals surface area contributed by atoms with Crippen LogP contribution in [0, 0.1) is 3.57 Å². The van der Waals surface area contributed by atoms with Crippen molar-refractivity contribution in [1.29, 1.82) is 0 Å². The van der Waals surface area contributed by atoms with Crippen LogP contribution in [0.15, 0.2) is 42.5 Å². The summed E-state index contributed by atoms with van der Waals surface area (Å²) in [5.74, 6) is 1.68. The Labute approximate surface area is 154 Å². The predicted molar refractivity (Wildman–Crippen MR) is 99.6 cm³/mol. The molecule has 2 aromatic rings. The normalized spacial score (nSPS) is 19.4. The summed E-state index contributed by atoms with van der Waals surface area (Å²) < 4.78 is 12.4. The fourth-order valence-electron chi connectivity index (χ4n) is 3.41. The summed E-state index contributed by atoms with van der Waals surface area (Å²) in [5, 5.41) is 0. The molecule has 2 aliphatic rings. The SMILES string of the molecule is O=C(c1cccc(I)c1)N1CCC[C@H]1c1ccc2c(c1)OCCO2. The van der Waals surface area contributed by atoms with Crippen molar-refractivity contribution >= 4 is 28.5 Å². The smallest absolute Gasteiger partial charge is 0.254 e. The van der Waals surface area contributed by atoms with Crippen LogP contribution in [0.3, 0.4) is 0 Å². The number of amides is 1. The Bertz CT molecular complexity index is 777. The Morgan fingerprint density at radius 1 is 1.08 bits per heavy atom. The molecule has 0 spiro atoms. The molecular formula is C19H18INO3. The van der Waals surface area contributed by atoms with E-state index in [1.165, 1.54) is 0 Å². The second kappa shape index (κ2) is 6.63. The van der Waals surface area contributed by atoms with Crippen LogP contribution in [-0.2, 0) is 0 Å². The van der Waals surface area contributed by atoms with E-state index in [1.807, 2.05) is 41.3 Å². The highest BCUT2D eigenvalue weighted by Crippen LogP contribution is 2.38. The maximum absolute atomic E-state index is 12.9. The van der Waals surface area contributed by atoms with Gasteiger partial charge in [0.1, 0.15) is 13.2 Å². The molecule has 2 aliphatic heterocycles. The third-order valence-electron chi connectivity index (χ3n) is 4.54. The Morgan fingerprint density at radius 2 is 1.92 bits per heavy atom. The number of ether oxygens (including phenoxy) is 2. The Hall–Kier alpha value is -1.76. The van der Waals surface area contributed by atoms with E-state index in [-0.39, 0.29) is 11.9 Å². The first-order valence-electron chi connectivity index (χ1n) is 8.18. The van der Waals surface area contributed by atoms with Crippen LogP contribution in [0.2, 0.25) is 0 Å². The molecule has 0 N–H and O–H groups in total. The van der Waals surface area contributed by atoms with Crippen molar-refractivity contribution in [2.24, 2.45) is 0 Å². The third kappa shape index (κ3) is 2.97. The molecule has 4 rings (SSSR count). The van der Waals surface area contributed by atoms with E-state index in [0.29, 0.717) is 13.2 Å². The highest BCUT2D eigenvalue weighted by atomic mass is 127. The monoisotopic (exact) mass is 435 g/mol. The first-order chi connectivity index (χ1) is 11.7. The summed E-state index contributed by atoms with van der Waals surface area (Å²) in [6, 6.07) is 13.9. The van der Waals surface area contributed by atoms with Gasteiger partial charge in [-0.15, -0.1) is 0 Å². The van der Waals surface area contributed by atoms with E-state index in [2.05, 4.69) is 28.7 Å². The van der Waals surface area contributed by atoms with Gasteiger partial charge in [0.15, 0.2) is 11.5 Å². The van der Waals surface area contributed by atoms with Gasteiger partial charge in [0, 0.05) is 15.7 Å². The lowest BCUT2D eigenvalue weighted by molar-refractivity contribution is 0.0735. The molecule has 0 saturated carbocycles. The van der Waals surface area contributed by atoms with Crippen molar-refractivity contribution in [3.05, 3.63) is 57.2 Å². The second-order valence-corrected chi connectivity index (χ2v) is 7.32. The van der Waals surface area contributed by atoms with Gasteiger partial charge >= 0.3 is 0 Å².